The summed E-state index contributed by atoms with van der Waals surface area (Å²) in [5.41, 5.74) is 1.38. The number of nitrogens with zero attached hydrogens (tertiary/aromatic N) is 2. The van der Waals surface area contributed by atoms with E-state index in [1.165, 1.54) is 19.3 Å². The quantitative estimate of drug-likeness (QED) is 0.777. The van der Waals surface area contributed by atoms with Crippen molar-refractivity contribution in [2.45, 2.75) is 44.9 Å². The van der Waals surface area contributed by atoms with Crippen LogP contribution in [-0.2, 0) is 0 Å². The maximum Gasteiger partial charge on any atom is 0.334 e. The molecule has 5 nitrogen and oxygen atoms in total. The molecule has 1 fully saturated rings. The Hall–Kier alpha value is -1.43. The first kappa shape index (κ1) is 11.6. The second-order valence-electron chi connectivity index (χ2n) is 4.96. The van der Waals surface area contributed by atoms with Crippen LogP contribution < -0.4 is 5.69 Å². The molecule has 0 spiro atoms. The van der Waals surface area contributed by atoms with Crippen LogP contribution in [0.1, 0.15) is 49.5 Å². The van der Waals surface area contributed by atoms with Gasteiger partial charge in [-0.3, -0.25) is 4.98 Å². The van der Waals surface area contributed by atoms with Crippen molar-refractivity contribution in [3.8, 4) is 0 Å². The largest absolute Gasteiger partial charge is 0.334 e. The van der Waals surface area contributed by atoms with Gasteiger partial charge in [0.15, 0.2) is 4.77 Å². The Balaban J connectivity index is 2.24. The van der Waals surface area contributed by atoms with Crippen molar-refractivity contribution >= 4 is 17.9 Å². The number of nitrogens with one attached hydrogen (secondary N) is 2. The van der Waals surface area contributed by atoms with Crippen LogP contribution in [0.3, 0.4) is 0 Å². The third-order valence-electron chi connectivity index (χ3n) is 3.70. The third kappa shape index (κ3) is 1.80. The summed E-state index contributed by atoms with van der Waals surface area (Å²) in [6.45, 7) is 1.91. The van der Waals surface area contributed by atoms with E-state index < -0.39 is 0 Å². The first-order valence-electron chi connectivity index (χ1n) is 6.38. The molecule has 1 saturated carbocycles. The lowest BCUT2D eigenvalue weighted by molar-refractivity contribution is 0.426. The molecule has 0 bridgehead atoms. The number of aromatic nitrogens is 4. The average molecular weight is 264 g/mol. The van der Waals surface area contributed by atoms with Crippen molar-refractivity contribution < 1.29 is 0 Å². The minimum Gasteiger partial charge on any atom is -0.316 e. The highest BCUT2D eigenvalue weighted by Crippen LogP contribution is 2.32. The summed E-state index contributed by atoms with van der Waals surface area (Å²) >= 11 is 5.00. The molecule has 2 heterocycles. The van der Waals surface area contributed by atoms with Gasteiger partial charge in [0, 0.05) is 5.92 Å². The molecule has 6 heteroatoms. The summed E-state index contributed by atoms with van der Waals surface area (Å²) < 4.78 is 2.01. The lowest BCUT2D eigenvalue weighted by Crippen LogP contribution is -2.21. The number of imidazole rings is 1. The normalized spacial score (nSPS) is 17.4. The van der Waals surface area contributed by atoms with Crippen molar-refractivity contribution in [2.24, 2.45) is 0 Å². The highest BCUT2D eigenvalue weighted by molar-refractivity contribution is 7.71. The summed E-state index contributed by atoms with van der Waals surface area (Å²) in [6, 6.07) is 0. The van der Waals surface area contributed by atoms with Crippen LogP contribution in [0.15, 0.2) is 4.79 Å². The molecular weight excluding hydrogens is 248 g/mol. The molecule has 1 aliphatic carbocycles. The molecule has 0 aliphatic heterocycles. The molecule has 0 aromatic carbocycles. The second kappa shape index (κ2) is 4.35. The van der Waals surface area contributed by atoms with Crippen LogP contribution in [0.4, 0.5) is 0 Å². The van der Waals surface area contributed by atoms with E-state index in [0.717, 1.165) is 30.0 Å². The fourth-order valence-corrected chi connectivity index (χ4v) is 3.01. The highest BCUT2D eigenvalue weighted by Gasteiger charge is 2.22. The van der Waals surface area contributed by atoms with Crippen LogP contribution in [0.25, 0.3) is 5.65 Å². The topological polar surface area (TPSA) is 66.0 Å². The summed E-state index contributed by atoms with van der Waals surface area (Å²) in [6.07, 6.45) is 5.97. The number of H-pyrrole nitrogens is 2. The maximum atomic E-state index is 12.1. The fraction of sp³-hybridized carbons (Fsp3) is 0.583. The molecule has 96 valence electrons. The number of aryl methyl sites for hydroxylation is 1. The van der Waals surface area contributed by atoms with Gasteiger partial charge < -0.3 is 4.98 Å². The van der Waals surface area contributed by atoms with Gasteiger partial charge >= 0.3 is 5.69 Å². The lowest BCUT2D eigenvalue weighted by Gasteiger charge is -2.19. The highest BCUT2D eigenvalue weighted by atomic mass is 32.1. The van der Waals surface area contributed by atoms with Crippen molar-refractivity contribution in [3.63, 3.8) is 0 Å². The molecule has 0 unspecified atom stereocenters. The Bertz CT molecular complexity index is 690. The Morgan fingerprint density at radius 1 is 1.28 bits per heavy atom. The van der Waals surface area contributed by atoms with Gasteiger partial charge in [-0.15, -0.1) is 0 Å². The first-order chi connectivity index (χ1) is 8.66. The molecule has 1 aliphatic rings. The smallest absolute Gasteiger partial charge is 0.316 e. The van der Waals surface area contributed by atoms with Gasteiger partial charge in [0.25, 0.3) is 0 Å². The van der Waals surface area contributed by atoms with Crippen LogP contribution in [0.2, 0.25) is 0 Å². The zero-order chi connectivity index (χ0) is 12.7. The molecule has 2 aromatic rings. The lowest BCUT2D eigenvalue weighted by atomic mass is 9.89. The number of hydrogen-bond acceptors (Lipinski definition) is 3. The molecule has 0 saturated heterocycles. The Morgan fingerprint density at radius 3 is 2.72 bits per heavy atom. The van der Waals surface area contributed by atoms with Crippen molar-refractivity contribution in [1.29, 1.82) is 0 Å². The summed E-state index contributed by atoms with van der Waals surface area (Å²) in [5, 5.41) is 0. The average Bonchev–Trinajstić information content (AvgIpc) is 2.68. The number of rotatable bonds is 1. The van der Waals surface area contributed by atoms with E-state index in [0.29, 0.717) is 10.7 Å². The summed E-state index contributed by atoms with van der Waals surface area (Å²) in [7, 11) is 0. The number of hydrogen-bond donors (Lipinski definition) is 2. The van der Waals surface area contributed by atoms with E-state index in [4.69, 9.17) is 12.2 Å². The summed E-state index contributed by atoms with van der Waals surface area (Å²) in [4.78, 5) is 22.3. The van der Waals surface area contributed by atoms with E-state index in [-0.39, 0.29) is 5.69 Å². The first-order valence-corrected chi connectivity index (χ1v) is 6.79. The Kier molecular flexibility index (Phi) is 2.81. The third-order valence-corrected chi connectivity index (χ3v) is 3.91. The molecule has 3 rings (SSSR count). The van der Waals surface area contributed by atoms with E-state index in [2.05, 4.69) is 15.0 Å². The van der Waals surface area contributed by atoms with E-state index in [1.54, 1.807) is 4.40 Å². The van der Waals surface area contributed by atoms with Crippen LogP contribution in [-0.4, -0.2) is 19.4 Å². The zero-order valence-electron chi connectivity index (χ0n) is 10.3. The molecule has 0 atom stereocenters. The number of fused-ring (bicyclic) bond motifs is 1. The minimum absolute atomic E-state index is 0.185. The second-order valence-corrected chi connectivity index (χ2v) is 5.37. The van der Waals surface area contributed by atoms with Gasteiger partial charge in [-0.25, -0.2) is 14.2 Å². The van der Waals surface area contributed by atoms with Gasteiger partial charge in [-0.2, -0.15) is 0 Å². The van der Waals surface area contributed by atoms with Gasteiger partial charge in [-0.05, 0) is 32.0 Å². The summed E-state index contributed by atoms with van der Waals surface area (Å²) in [5.74, 6) is 1.28. The predicted molar refractivity (Wildman–Crippen MR) is 71.6 cm³/mol. The molecule has 2 N–H and O–H groups in total. The van der Waals surface area contributed by atoms with Gasteiger partial charge in [0.2, 0.25) is 0 Å². The molecule has 2 aromatic heterocycles. The standard InChI is InChI=1S/C12H16N4OS/c1-7-9-14-11(18)15-12(17)16(9)10(13-7)8-5-3-2-4-6-8/h8H,2-6H2,1H3,(H2,14,15,17,18). The van der Waals surface area contributed by atoms with Crippen molar-refractivity contribution in [1.82, 2.24) is 19.4 Å². The van der Waals surface area contributed by atoms with Gasteiger partial charge in [0.05, 0.1) is 5.69 Å². The van der Waals surface area contributed by atoms with E-state index in [9.17, 15) is 4.79 Å². The molecule has 0 radical (unpaired) electrons. The minimum atomic E-state index is -0.185. The zero-order valence-corrected chi connectivity index (χ0v) is 11.1. The SMILES string of the molecule is Cc1nc(C2CCCCC2)n2c(=O)[nH]c(=S)[nH]c12. The predicted octanol–water partition coefficient (Wildman–Crippen LogP) is 2.44. The monoisotopic (exact) mass is 264 g/mol. The Morgan fingerprint density at radius 2 is 2.00 bits per heavy atom. The molecule has 18 heavy (non-hydrogen) atoms. The number of aromatic amines is 2. The molecule has 0 amide bonds. The maximum absolute atomic E-state index is 12.1. The van der Waals surface area contributed by atoms with E-state index in [1.807, 2.05) is 6.92 Å². The van der Waals surface area contributed by atoms with Gasteiger partial charge in [-0.1, -0.05) is 19.3 Å². The Labute approximate surface area is 109 Å². The van der Waals surface area contributed by atoms with Crippen molar-refractivity contribution in [3.05, 3.63) is 26.8 Å². The van der Waals surface area contributed by atoms with Crippen LogP contribution in [0.5, 0.6) is 0 Å². The van der Waals surface area contributed by atoms with Gasteiger partial charge in [0.1, 0.15) is 11.5 Å². The van der Waals surface area contributed by atoms with Crippen molar-refractivity contribution in [2.75, 3.05) is 0 Å². The fourth-order valence-electron chi connectivity index (χ4n) is 2.83. The van der Waals surface area contributed by atoms with E-state index >= 15 is 0 Å². The molecular formula is C12H16N4OS. The van der Waals surface area contributed by atoms with Crippen LogP contribution >= 0.6 is 12.2 Å². The van der Waals surface area contributed by atoms with Crippen LogP contribution in [0, 0.1) is 11.7 Å².